The first-order valence-electron chi connectivity index (χ1n) is 9.82. The second kappa shape index (κ2) is 8.97. The first kappa shape index (κ1) is 21.3. The molecule has 156 valence electrons. The fourth-order valence-electron chi connectivity index (χ4n) is 3.54. The summed E-state index contributed by atoms with van der Waals surface area (Å²) in [5.41, 5.74) is 2.20. The Bertz CT molecular complexity index is 940. The van der Waals surface area contributed by atoms with Gasteiger partial charge in [-0.3, -0.25) is 4.79 Å². The van der Waals surface area contributed by atoms with Crippen molar-refractivity contribution in [1.29, 1.82) is 0 Å². The summed E-state index contributed by atoms with van der Waals surface area (Å²) in [5, 5.41) is 3.04. The van der Waals surface area contributed by atoms with Crippen molar-refractivity contribution in [2.75, 3.05) is 20.2 Å². The highest BCUT2D eigenvalue weighted by Gasteiger charge is 2.33. The predicted octanol–water partition coefficient (Wildman–Crippen LogP) is 3.28. The summed E-state index contributed by atoms with van der Waals surface area (Å²) in [7, 11) is -2.10. The number of rotatable bonds is 6. The molecule has 1 N–H and O–H groups in total. The third-order valence-electron chi connectivity index (χ3n) is 5.39. The second-order valence-electron chi connectivity index (χ2n) is 7.52. The highest BCUT2D eigenvalue weighted by molar-refractivity contribution is 7.89. The lowest BCUT2D eigenvalue weighted by molar-refractivity contribution is -0.126. The normalized spacial score (nSPS) is 18.8. The summed E-state index contributed by atoms with van der Waals surface area (Å²) >= 11 is 0. The van der Waals surface area contributed by atoms with Crippen molar-refractivity contribution in [3.05, 3.63) is 59.7 Å². The molecule has 6 nitrogen and oxygen atoms in total. The van der Waals surface area contributed by atoms with Crippen molar-refractivity contribution in [1.82, 2.24) is 9.62 Å². The number of hydrogen-bond donors (Lipinski definition) is 1. The molecule has 1 aliphatic heterocycles. The molecule has 7 heteroatoms. The molecule has 0 radical (unpaired) electrons. The van der Waals surface area contributed by atoms with Gasteiger partial charge in [0.15, 0.2) is 0 Å². The highest BCUT2D eigenvalue weighted by Crippen LogP contribution is 2.26. The Hall–Kier alpha value is -2.38. The number of sulfonamides is 1. The van der Waals surface area contributed by atoms with Crippen LogP contribution in [0.1, 0.15) is 36.9 Å². The molecule has 1 amide bonds. The summed E-state index contributed by atoms with van der Waals surface area (Å²) in [6, 6.07) is 14.2. The minimum Gasteiger partial charge on any atom is -0.497 e. The number of benzene rings is 2. The molecule has 1 saturated heterocycles. The van der Waals surface area contributed by atoms with Crippen LogP contribution in [0.3, 0.4) is 0 Å². The van der Waals surface area contributed by atoms with Gasteiger partial charge in [0.25, 0.3) is 0 Å². The lowest BCUT2D eigenvalue weighted by Crippen LogP contribution is -2.45. The number of piperidine rings is 1. The number of hydrogen-bond acceptors (Lipinski definition) is 4. The number of carbonyl (C=O) groups excluding carboxylic acids is 1. The first-order valence-corrected chi connectivity index (χ1v) is 11.3. The minimum atomic E-state index is -3.64. The predicted molar refractivity (Wildman–Crippen MR) is 112 cm³/mol. The van der Waals surface area contributed by atoms with E-state index in [0.29, 0.717) is 25.1 Å². The van der Waals surface area contributed by atoms with Crippen LogP contribution in [0.4, 0.5) is 0 Å². The molecule has 3 rings (SSSR count). The van der Waals surface area contributed by atoms with E-state index in [2.05, 4.69) is 5.32 Å². The van der Waals surface area contributed by atoms with Crippen LogP contribution in [0, 0.1) is 12.8 Å². The Morgan fingerprint density at radius 2 is 1.79 bits per heavy atom. The van der Waals surface area contributed by atoms with Crippen LogP contribution < -0.4 is 10.1 Å². The lowest BCUT2D eigenvalue weighted by atomic mass is 9.97. The fourth-order valence-corrected chi connectivity index (χ4v) is 5.07. The van der Waals surface area contributed by atoms with Gasteiger partial charge in [0, 0.05) is 13.1 Å². The second-order valence-corrected chi connectivity index (χ2v) is 9.46. The quantitative estimate of drug-likeness (QED) is 0.784. The number of methoxy groups -OCH3 is 1. The highest BCUT2D eigenvalue weighted by atomic mass is 32.2. The molecule has 1 aliphatic rings. The molecule has 2 atom stereocenters. The van der Waals surface area contributed by atoms with Crippen molar-refractivity contribution in [3.63, 3.8) is 0 Å². The molecule has 0 unspecified atom stereocenters. The largest absolute Gasteiger partial charge is 0.497 e. The lowest BCUT2D eigenvalue weighted by Gasteiger charge is -2.32. The van der Waals surface area contributed by atoms with Gasteiger partial charge >= 0.3 is 0 Å². The molecule has 0 spiro atoms. The van der Waals surface area contributed by atoms with E-state index in [0.717, 1.165) is 5.56 Å². The average Bonchev–Trinajstić information content (AvgIpc) is 2.74. The summed E-state index contributed by atoms with van der Waals surface area (Å²) < 4.78 is 32.5. The summed E-state index contributed by atoms with van der Waals surface area (Å²) in [6.45, 7) is 4.58. The maximum absolute atomic E-state index is 13.0. The smallest absolute Gasteiger partial charge is 0.243 e. The molecule has 0 aromatic heterocycles. The van der Waals surface area contributed by atoms with Gasteiger partial charge in [0.05, 0.1) is 24.0 Å². The van der Waals surface area contributed by atoms with Gasteiger partial charge in [0.2, 0.25) is 15.9 Å². The minimum absolute atomic E-state index is 0.104. The maximum Gasteiger partial charge on any atom is 0.243 e. The van der Waals surface area contributed by atoms with Crippen LogP contribution in [0.15, 0.2) is 53.4 Å². The number of nitrogens with one attached hydrogen (secondary N) is 1. The van der Waals surface area contributed by atoms with Crippen LogP contribution in [0.25, 0.3) is 0 Å². The molecular formula is C22H28N2O4S. The fraction of sp³-hybridized carbons (Fsp3) is 0.409. The van der Waals surface area contributed by atoms with Gasteiger partial charge in [-0.05, 0) is 56.5 Å². The van der Waals surface area contributed by atoms with Crippen LogP contribution >= 0.6 is 0 Å². The van der Waals surface area contributed by atoms with Gasteiger partial charge < -0.3 is 10.1 Å². The molecule has 2 aromatic rings. The van der Waals surface area contributed by atoms with Crippen molar-refractivity contribution >= 4 is 15.9 Å². The first-order chi connectivity index (χ1) is 13.8. The monoisotopic (exact) mass is 416 g/mol. The van der Waals surface area contributed by atoms with Gasteiger partial charge in [0.1, 0.15) is 5.75 Å². The standard InChI is InChI=1S/C22H28N2O4S/c1-16-6-8-18(9-7-16)17(2)23-22(25)19-5-4-14-24(15-19)29(26,27)21-12-10-20(28-3)11-13-21/h6-13,17,19H,4-5,14-15H2,1-3H3,(H,23,25)/t17-,19-/m1/s1. The Morgan fingerprint density at radius 1 is 1.14 bits per heavy atom. The van der Waals surface area contributed by atoms with E-state index in [-0.39, 0.29) is 29.3 Å². The number of carbonyl (C=O) groups is 1. The van der Waals surface area contributed by atoms with E-state index in [4.69, 9.17) is 4.74 Å². The third kappa shape index (κ3) is 4.97. The summed E-state index contributed by atoms with van der Waals surface area (Å²) in [4.78, 5) is 13.0. The Labute approximate surface area is 172 Å². The zero-order chi connectivity index (χ0) is 21.0. The molecule has 1 fully saturated rings. The van der Waals surface area contributed by atoms with Crippen molar-refractivity contribution in [2.45, 2.75) is 37.6 Å². The Balaban J connectivity index is 1.67. The molecular weight excluding hydrogens is 388 g/mol. The Morgan fingerprint density at radius 3 is 2.41 bits per heavy atom. The average molecular weight is 417 g/mol. The van der Waals surface area contributed by atoms with Crippen molar-refractivity contribution in [2.24, 2.45) is 5.92 Å². The molecule has 29 heavy (non-hydrogen) atoms. The molecule has 0 bridgehead atoms. The topological polar surface area (TPSA) is 75.7 Å². The van der Waals surface area contributed by atoms with Gasteiger partial charge in [-0.15, -0.1) is 0 Å². The molecule has 0 saturated carbocycles. The number of nitrogens with zero attached hydrogens (tertiary/aromatic N) is 1. The number of amides is 1. The summed E-state index contributed by atoms with van der Waals surface area (Å²) in [6.07, 6.45) is 1.34. The maximum atomic E-state index is 13.0. The number of aryl methyl sites for hydroxylation is 1. The zero-order valence-electron chi connectivity index (χ0n) is 17.1. The zero-order valence-corrected chi connectivity index (χ0v) is 17.9. The van der Waals surface area contributed by atoms with Crippen molar-refractivity contribution < 1.29 is 17.9 Å². The van der Waals surface area contributed by atoms with E-state index >= 15 is 0 Å². The third-order valence-corrected chi connectivity index (χ3v) is 7.27. The molecule has 2 aromatic carbocycles. The van der Waals surface area contributed by atoms with E-state index in [1.807, 2.05) is 38.1 Å². The molecule has 1 heterocycles. The van der Waals surface area contributed by atoms with Gasteiger partial charge in [-0.2, -0.15) is 4.31 Å². The van der Waals surface area contributed by atoms with E-state index < -0.39 is 10.0 Å². The van der Waals surface area contributed by atoms with Gasteiger partial charge in [-0.1, -0.05) is 29.8 Å². The SMILES string of the molecule is COc1ccc(S(=O)(=O)N2CCC[C@@H](C(=O)N[C@H](C)c3ccc(C)cc3)C2)cc1. The number of ether oxygens (including phenoxy) is 1. The van der Waals surface area contributed by atoms with Gasteiger partial charge in [-0.25, -0.2) is 8.42 Å². The van der Waals surface area contributed by atoms with E-state index in [1.165, 1.54) is 29.1 Å². The van der Waals surface area contributed by atoms with E-state index in [9.17, 15) is 13.2 Å². The van der Waals surface area contributed by atoms with Crippen molar-refractivity contribution in [3.8, 4) is 5.75 Å². The van der Waals surface area contributed by atoms with Crippen LogP contribution in [0.2, 0.25) is 0 Å². The van der Waals surface area contributed by atoms with Crippen LogP contribution in [-0.4, -0.2) is 38.8 Å². The van der Waals surface area contributed by atoms with Crippen LogP contribution in [0.5, 0.6) is 5.75 Å². The summed E-state index contributed by atoms with van der Waals surface area (Å²) in [5.74, 6) is 0.141. The molecule has 0 aliphatic carbocycles. The van der Waals surface area contributed by atoms with E-state index in [1.54, 1.807) is 12.1 Å². The van der Waals surface area contributed by atoms with Crippen LogP contribution in [-0.2, 0) is 14.8 Å². The Kier molecular flexibility index (Phi) is 6.59.